The van der Waals surface area contributed by atoms with Crippen molar-refractivity contribution in [3.05, 3.63) is 53.7 Å². The lowest BCUT2D eigenvalue weighted by Gasteiger charge is -2.02. The predicted molar refractivity (Wildman–Crippen MR) is 54.3 cm³/mol. The van der Waals surface area contributed by atoms with Gasteiger partial charge in [-0.25, -0.2) is 8.78 Å². The molecule has 0 spiro atoms. The fourth-order valence-corrected chi connectivity index (χ4v) is 1.36. The van der Waals surface area contributed by atoms with Crippen LogP contribution in [0, 0.1) is 18.6 Å². The van der Waals surface area contributed by atoms with E-state index in [9.17, 15) is 8.78 Å². The highest BCUT2D eigenvalue weighted by atomic mass is 19.2. The topological polar surface area (TPSA) is 12.9 Å². The van der Waals surface area contributed by atoms with E-state index in [1.54, 1.807) is 6.07 Å². The van der Waals surface area contributed by atoms with Crippen molar-refractivity contribution < 1.29 is 8.78 Å². The quantitative estimate of drug-likeness (QED) is 0.695. The molecule has 2 aromatic rings. The molecule has 76 valence electrons. The zero-order valence-corrected chi connectivity index (χ0v) is 8.17. The predicted octanol–water partition coefficient (Wildman–Crippen LogP) is 3.34. The van der Waals surface area contributed by atoms with E-state index in [2.05, 4.69) is 4.98 Å². The third-order valence-electron chi connectivity index (χ3n) is 2.10. The van der Waals surface area contributed by atoms with E-state index in [-0.39, 0.29) is 0 Å². The van der Waals surface area contributed by atoms with Crippen molar-refractivity contribution in [1.82, 2.24) is 4.98 Å². The lowest BCUT2D eigenvalue weighted by molar-refractivity contribution is 0.509. The van der Waals surface area contributed by atoms with E-state index in [0.717, 1.165) is 17.8 Å². The number of hydrogen-bond donors (Lipinski definition) is 0. The Balaban J connectivity index is 2.50. The van der Waals surface area contributed by atoms with E-state index in [4.69, 9.17) is 0 Å². The summed E-state index contributed by atoms with van der Waals surface area (Å²) in [7, 11) is 0. The fraction of sp³-hybridized carbons (Fsp3) is 0.0833. The zero-order chi connectivity index (χ0) is 10.8. The highest BCUT2D eigenvalue weighted by molar-refractivity contribution is 5.59. The van der Waals surface area contributed by atoms with Gasteiger partial charge in [0.2, 0.25) is 0 Å². The van der Waals surface area contributed by atoms with Crippen LogP contribution in [0.2, 0.25) is 0 Å². The molecule has 0 unspecified atom stereocenters. The second-order valence-electron chi connectivity index (χ2n) is 3.29. The molecule has 0 aliphatic rings. The molecule has 0 bridgehead atoms. The van der Waals surface area contributed by atoms with E-state index < -0.39 is 11.6 Å². The molecular formula is C12H9F2N. The maximum Gasteiger partial charge on any atom is 0.159 e. The molecule has 0 saturated heterocycles. The lowest BCUT2D eigenvalue weighted by atomic mass is 10.1. The second kappa shape index (κ2) is 3.77. The van der Waals surface area contributed by atoms with Crippen LogP contribution < -0.4 is 0 Å². The molecule has 0 radical (unpaired) electrons. The van der Waals surface area contributed by atoms with E-state index in [1.165, 1.54) is 6.07 Å². The van der Waals surface area contributed by atoms with Crippen LogP contribution in [0.4, 0.5) is 8.78 Å². The molecule has 1 nitrogen and oxygen atoms in total. The third kappa shape index (κ3) is 2.01. The van der Waals surface area contributed by atoms with Gasteiger partial charge in [-0.1, -0.05) is 6.07 Å². The van der Waals surface area contributed by atoms with E-state index >= 15 is 0 Å². The Hall–Kier alpha value is -1.77. The number of aromatic nitrogens is 1. The molecule has 3 heteroatoms. The minimum Gasteiger partial charge on any atom is -0.253 e. The van der Waals surface area contributed by atoms with E-state index in [1.807, 2.05) is 19.1 Å². The van der Waals surface area contributed by atoms with Gasteiger partial charge in [0, 0.05) is 11.3 Å². The summed E-state index contributed by atoms with van der Waals surface area (Å²) in [5.74, 6) is -1.69. The minimum atomic E-state index is -0.851. The highest BCUT2D eigenvalue weighted by Crippen LogP contribution is 2.19. The van der Waals surface area contributed by atoms with Gasteiger partial charge in [-0.3, -0.25) is 4.98 Å². The van der Waals surface area contributed by atoms with E-state index in [0.29, 0.717) is 11.3 Å². The van der Waals surface area contributed by atoms with Crippen LogP contribution >= 0.6 is 0 Å². The molecule has 0 N–H and O–H groups in total. The van der Waals surface area contributed by atoms with Crippen molar-refractivity contribution >= 4 is 0 Å². The van der Waals surface area contributed by atoms with Crippen LogP contribution in [-0.2, 0) is 0 Å². The van der Waals surface area contributed by atoms with Crippen LogP contribution in [-0.4, -0.2) is 4.98 Å². The van der Waals surface area contributed by atoms with Crippen LogP contribution in [0.1, 0.15) is 5.69 Å². The second-order valence-corrected chi connectivity index (χ2v) is 3.29. The molecule has 0 atom stereocenters. The molecule has 0 aliphatic heterocycles. The van der Waals surface area contributed by atoms with Gasteiger partial charge < -0.3 is 0 Å². The number of nitrogens with zero attached hydrogens (tertiary/aromatic N) is 1. The molecule has 0 amide bonds. The van der Waals surface area contributed by atoms with Gasteiger partial charge in [0.05, 0.1) is 5.69 Å². The van der Waals surface area contributed by atoms with Gasteiger partial charge in [-0.15, -0.1) is 0 Å². The van der Waals surface area contributed by atoms with Gasteiger partial charge in [0.25, 0.3) is 0 Å². The number of aryl methyl sites for hydroxylation is 1. The summed E-state index contributed by atoms with van der Waals surface area (Å²) in [6, 6.07) is 9.22. The number of hydrogen-bond acceptors (Lipinski definition) is 1. The monoisotopic (exact) mass is 205 g/mol. The first-order valence-electron chi connectivity index (χ1n) is 4.56. The first kappa shape index (κ1) is 9.77. The van der Waals surface area contributed by atoms with Crippen molar-refractivity contribution in [3.63, 3.8) is 0 Å². The van der Waals surface area contributed by atoms with Gasteiger partial charge in [-0.2, -0.15) is 0 Å². The standard InChI is InChI=1S/C12H9F2N/c1-8-3-2-4-12(15-8)9-5-6-10(13)11(14)7-9/h2-7H,1H3. The van der Waals surface area contributed by atoms with Gasteiger partial charge in [0.15, 0.2) is 11.6 Å². The zero-order valence-electron chi connectivity index (χ0n) is 8.17. The lowest BCUT2D eigenvalue weighted by Crippen LogP contribution is -1.89. The van der Waals surface area contributed by atoms with Crippen LogP contribution in [0.25, 0.3) is 11.3 Å². The molecule has 15 heavy (non-hydrogen) atoms. The largest absolute Gasteiger partial charge is 0.253 e. The number of pyridine rings is 1. The molecule has 2 rings (SSSR count). The molecule has 0 fully saturated rings. The molecule has 1 aromatic heterocycles. The number of rotatable bonds is 1. The van der Waals surface area contributed by atoms with Crippen molar-refractivity contribution in [2.45, 2.75) is 6.92 Å². The summed E-state index contributed by atoms with van der Waals surface area (Å²) < 4.78 is 25.7. The van der Waals surface area contributed by atoms with Crippen molar-refractivity contribution in [2.75, 3.05) is 0 Å². The summed E-state index contributed by atoms with van der Waals surface area (Å²) in [5, 5.41) is 0. The maximum atomic E-state index is 13.0. The van der Waals surface area contributed by atoms with Crippen molar-refractivity contribution in [1.29, 1.82) is 0 Å². The Bertz CT molecular complexity index is 495. The summed E-state index contributed by atoms with van der Waals surface area (Å²) in [6.45, 7) is 1.85. The Kier molecular flexibility index (Phi) is 2.46. The van der Waals surface area contributed by atoms with Gasteiger partial charge >= 0.3 is 0 Å². The van der Waals surface area contributed by atoms with Crippen molar-refractivity contribution in [3.8, 4) is 11.3 Å². The minimum absolute atomic E-state index is 0.581. The number of halogens is 2. The summed E-state index contributed by atoms with van der Waals surface area (Å²) >= 11 is 0. The van der Waals surface area contributed by atoms with Crippen LogP contribution in [0.15, 0.2) is 36.4 Å². The van der Waals surface area contributed by atoms with Crippen molar-refractivity contribution in [2.24, 2.45) is 0 Å². The SMILES string of the molecule is Cc1cccc(-c2ccc(F)c(F)c2)n1. The Morgan fingerprint density at radius 1 is 1.00 bits per heavy atom. The highest BCUT2D eigenvalue weighted by Gasteiger charge is 2.05. The molecule has 1 aromatic carbocycles. The molecule has 0 aliphatic carbocycles. The molecule has 0 saturated carbocycles. The molecular weight excluding hydrogens is 196 g/mol. The summed E-state index contributed by atoms with van der Waals surface area (Å²) in [5.41, 5.74) is 2.07. The number of benzene rings is 1. The Labute approximate surface area is 86.4 Å². The average molecular weight is 205 g/mol. The first-order chi connectivity index (χ1) is 7.16. The summed E-state index contributed by atoms with van der Waals surface area (Å²) in [4.78, 5) is 4.23. The average Bonchev–Trinajstić information content (AvgIpc) is 2.22. The summed E-state index contributed by atoms with van der Waals surface area (Å²) in [6.07, 6.45) is 0. The van der Waals surface area contributed by atoms with Crippen LogP contribution in [0.3, 0.4) is 0 Å². The third-order valence-corrected chi connectivity index (χ3v) is 2.10. The fourth-order valence-electron chi connectivity index (χ4n) is 1.36. The normalized spacial score (nSPS) is 10.3. The Morgan fingerprint density at radius 2 is 1.80 bits per heavy atom. The smallest absolute Gasteiger partial charge is 0.159 e. The Morgan fingerprint density at radius 3 is 2.47 bits per heavy atom. The van der Waals surface area contributed by atoms with Gasteiger partial charge in [-0.05, 0) is 37.3 Å². The van der Waals surface area contributed by atoms with Gasteiger partial charge in [0.1, 0.15) is 0 Å². The first-order valence-corrected chi connectivity index (χ1v) is 4.56. The maximum absolute atomic E-state index is 13.0. The molecule has 1 heterocycles. The van der Waals surface area contributed by atoms with Crippen LogP contribution in [0.5, 0.6) is 0 Å².